The zero-order chi connectivity index (χ0) is 29.1. The van der Waals surface area contributed by atoms with Gasteiger partial charge in [-0.3, -0.25) is 9.59 Å². The van der Waals surface area contributed by atoms with Gasteiger partial charge in [0, 0.05) is 34.1 Å². The van der Waals surface area contributed by atoms with Gasteiger partial charge in [-0.15, -0.1) is 0 Å². The zero-order valence-corrected chi connectivity index (χ0v) is 23.4. The number of esters is 1. The molecular formula is C33H33N3O5. The highest BCUT2D eigenvalue weighted by Crippen LogP contribution is 2.37. The summed E-state index contributed by atoms with van der Waals surface area (Å²) < 4.78 is 10.9. The lowest BCUT2D eigenvalue weighted by molar-refractivity contribution is -0.158. The highest BCUT2D eigenvalue weighted by molar-refractivity contribution is 6.36. The minimum atomic E-state index is -1.11. The molecule has 1 aliphatic rings. The highest BCUT2D eigenvalue weighted by atomic mass is 16.6. The fraction of sp³-hybridized carbons (Fsp3) is 0.242. The SMILES string of the molecule is CCOC(=O)C(C)(C)Oc1ccc(-c2ccc(N3C(=O)c4cccc5c(NCCCN)ccc(c45)C3=O)cc2)cc1. The van der Waals surface area contributed by atoms with E-state index in [1.807, 2.05) is 42.5 Å². The van der Waals surface area contributed by atoms with Crippen molar-refractivity contribution in [3.63, 3.8) is 0 Å². The maximum absolute atomic E-state index is 13.6. The predicted octanol–water partition coefficient (Wildman–Crippen LogP) is 5.79. The van der Waals surface area contributed by atoms with Crippen molar-refractivity contribution in [1.82, 2.24) is 0 Å². The van der Waals surface area contributed by atoms with E-state index in [9.17, 15) is 14.4 Å². The standard InChI is InChI=1S/C33H33N3O5/c1-4-40-32(39)33(2,3)41-24-15-11-22(12-16-24)21-9-13-23(14-10-21)36-30(37)26-8-5-7-25-28(35-20-6-19-34)18-17-27(29(25)26)31(36)38/h5,7-18,35H,4,6,19-20,34H2,1-3H3. The van der Waals surface area contributed by atoms with Gasteiger partial charge in [0.1, 0.15) is 5.75 Å². The van der Waals surface area contributed by atoms with E-state index < -0.39 is 11.6 Å². The van der Waals surface area contributed by atoms with E-state index in [0.29, 0.717) is 41.0 Å². The number of carbonyl (C=O) groups excluding carboxylic acids is 3. The number of hydrogen-bond acceptors (Lipinski definition) is 7. The van der Waals surface area contributed by atoms with Gasteiger partial charge in [0.2, 0.25) is 0 Å². The summed E-state index contributed by atoms with van der Waals surface area (Å²) in [7, 11) is 0. The van der Waals surface area contributed by atoms with E-state index in [2.05, 4.69) is 5.32 Å². The summed E-state index contributed by atoms with van der Waals surface area (Å²) in [4.78, 5) is 40.6. The second-order valence-corrected chi connectivity index (χ2v) is 10.3. The zero-order valence-electron chi connectivity index (χ0n) is 23.4. The molecule has 0 atom stereocenters. The van der Waals surface area contributed by atoms with Crippen LogP contribution in [0, 0.1) is 0 Å². The van der Waals surface area contributed by atoms with E-state index in [1.54, 1.807) is 57.2 Å². The minimum absolute atomic E-state index is 0.283. The molecule has 8 heteroatoms. The van der Waals surface area contributed by atoms with E-state index in [-0.39, 0.29) is 18.4 Å². The molecule has 8 nitrogen and oxygen atoms in total. The summed E-state index contributed by atoms with van der Waals surface area (Å²) in [6, 6.07) is 23.8. The first-order valence-corrected chi connectivity index (χ1v) is 13.7. The van der Waals surface area contributed by atoms with Crippen LogP contribution in [0.25, 0.3) is 21.9 Å². The van der Waals surface area contributed by atoms with Crippen LogP contribution in [0.2, 0.25) is 0 Å². The predicted molar refractivity (Wildman–Crippen MR) is 160 cm³/mol. The number of nitrogens with one attached hydrogen (secondary N) is 1. The van der Waals surface area contributed by atoms with Crippen molar-refractivity contribution in [2.24, 2.45) is 5.73 Å². The van der Waals surface area contributed by atoms with Crippen molar-refractivity contribution in [3.05, 3.63) is 90.0 Å². The Kier molecular flexibility index (Phi) is 7.77. The van der Waals surface area contributed by atoms with Crippen molar-refractivity contribution < 1.29 is 23.9 Å². The highest BCUT2D eigenvalue weighted by Gasteiger charge is 2.34. The average Bonchev–Trinajstić information content (AvgIpc) is 2.97. The molecule has 0 aliphatic carbocycles. The van der Waals surface area contributed by atoms with Gasteiger partial charge in [0.15, 0.2) is 5.60 Å². The molecule has 5 rings (SSSR count). The quantitative estimate of drug-likeness (QED) is 0.146. The van der Waals surface area contributed by atoms with Gasteiger partial charge in [-0.05, 0) is 87.3 Å². The van der Waals surface area contributed by atoms with Crippen LogP contribution in [-0.4, -0.2) is 43.1 Å². The molecule has 0 aromatic heterocycles. The van der Waals surface area contributed by atoms with Gasteiger partial charge < -0.3 is 20.5 Å². The van der Waals surface area contributed by atoms with E-state index in [1.165, 1.54) is 4.90 Å². The lowest BCUT2D eigenvalue weighted by Crippen LogP contribution is -2.40. The van der Waals surface area contributed by atoms with E-state index in [4.69, 9.17) is 15.2 Å². The van der Waals surface area contributed by atoms with Crippen LogP contribution in [0.15, 0.2) is 78.9 Å². The van der Waals surface area contributed by atoms with Gasteiger partial charge in [-0.2, -0.15) is 0 Å². The van der Waals surface area contributed by atoms with Crippen LogP contribution < -0.4 is 20.7 Å². The minimum Gasteiger partial charge on any atom is -0.476 e. The van der Waals surface area contributed by atoms with Gasteiger partial charge >= 0.3 is 5.97 Å². The van der Waals surface area contributed by atoms with Crippen LogP contribution in [0.1, 0.15) is 47.9 Å². The molecule has 2 amide bonds. The second kappa shape index (κ2) is 11.4. The summed E-state index contributed by atoms with van der Waals surface area (Å²) in [6.45, 7) is 6.65. The van der Waals surface area contributed by atoms with Gasteiger partial charge in [-0.1, -0.05) is 36.4 Å². The van der Waals surface area contributed by atoms with Gasteiger partial charge in [0.25, 0.3) is 11.8 Å². The normalized spacial score (nSPS) is 12.9. The van der Waals surface area contributed by atoms with Crippen molar-refractivity contribution in [3.8, 4) is 16.9 Å². The Labute approximate surface area is 239 Å². The number of carbonyl (C=O) groups is 3. The van der Waals surface area contributed by atoms with Crippen molar-refractivity contribution in [2.45, 2.75) is 32.8 Å². The number of imide groups is 1. The molecule has 41 heavy (non-hydrogen) atoms. The first kappa shape index (κ1) is 27.9. The molecule has 0 radical (unpaired) electrons. The van der Waals surface area contributed by atoms with Crippen molar-refractivity contribution >= 4 is 39.9 Å². The molecule has 0 saturated carbocycles. The molecule has 0 bridgehead atoms. The summed E-state index contributed by atoms with van der Waals surface area (Å²) in [5, 5.41) is 4.87. The number of amides is 2. The number of rotatable bonds is 10. The smallest absolute Gasteiger partial charge is 0.349 e. The molecule has 0 saturated heterocycles. The van der Waals surface area contributed by atoms with E-state index >= 15 is 0 Å². The first-order valence-electron chi connectivity index (χ1n) is 13.7. The first-order chi connectivity index (χ1) is 19.7. The van der Waals surface area contributed by atoms with Crippen LogP contribution in [0.5, 0.6) is 5.75 Å². The number of nitrogens with zero attached hydrogens (tertiary/aromatic N) is 1. The Hall–Kier alpha value is -4.69. The fourth-order valence-electron chi connectivity index (χ4n) is 4.97. The molecular weight excluding hydrogens is 518 g/mol. The maximum Gasteiger partial charge on any atom is 0.349 e. The topological polar surface area (TPSA) is 111 Å². The summed E-state index contributed by atoms with van der Waals surface area (Å²) in [5.41, 5.74) is 8.67. The summed E-state index contributed by atoms with van der Waals surface area (Å²) >= 11 is 0. The summed E-state index contributed by atoms with van der Waals surface area (Å²) in [5.74, 6) is -0.602. The van der Waals surface area contributed by atoms with Crippen LogP contribution in [0.3, 0.4) is 0 Å². The summed E-state index contributed by atoms with van der Waals surface area (Å²) in [6.07, 6.45) is 0.816. The number of ether oxygens (including phenoxy) is 2. The van der Waals surface area contributed by atoms with Gasteiger partial charge in [0.05, 0.1) is 12.3 Å². The second-order valence-electron chi connectivity index (χ2n) is 10.3. The average molecular weight is 552 g/mol. The third kappa shape index (κ3) is 5.38. The largest absolute Gasteiger partial charge is 0.476 e. The maximum atomic E-state index is 13.6. The molecule has 0 unspecified atom stereocenters. The van der Waals surface area contributed by atoms with Crippen LogP contribution in [-0.2, 0) is 9.53 Å². The molecule has 0 spiro atoms. The molecule has 1 heterocycles. The Balaban J connectivity index is 1.37. The lowest BCUT2D eigenvalue weighted by Gasteiger charge is -2.28. The van der Waals surface area contributed by atoms with Crippen LogP contribution >= 0.6 is 0 Å². The molecule has 1 aliphatic heterocycles. The molecule has 4 aromatic rings. The molecule has 210 valence electrons. The molecule has 0 fully saturated rings. The number of hydrogen-bond donors (Lipinski definition) is 2. The Bertz CT molecular complexity index is 1590. The third-order valence-electron chi connectivity index (χ3n) is 7.06. The van der Waals surface area contributed by atoms with Crippen molar-refractivity contribution in [2.75, 3.05) is 29.9 Å². The molecule has 3 N–H and O–H groups in total. The number of anilines is 2. The fourth-order valence-corrected chi connectivity index (χ4v) is 4.97. The Morgan fingerprint density at radius 1 is 0.878 bits per heavy atom. The number of nitrogens with two attached hydrogens (primary N) is 1. The molecule has 4 aromatic carbocycles. The lowest BCUT2D eigenvalue weighted by atomic mass is 9.92. The third-order valence-corrected chi connectivity index (χ3v) is 7.06. The van der Waals surface area contributed by atoms with Gasteiger partial charge in [-0.25, -0.2) is 9.69 Å². The Morgan fingerprint density at radius 3 is 2.15 bits per heavy atom. The van der Waals surface area contributed by atoms with Crippen LogP contribution in [0.4, 0.5) is 11.4 Å². The van der Waals surface area contributed by atoms with Crippen molar-refractivity contribution in [1.29, 1.82) is 0 Å². The number of benzene rings is 4. The monoisotopic (exact) mass is 551 g/mol. The Morgan fingerprint density at radius 2 is 1.51 bits per heavy atom. The van der Waals surface area contributed by atoms with E-state index in [0.717, 1.165) is 28.6 Å².